The molecular formula is C22H25N5O6. The van der Waals surface area contributed by atoms with E-state index in [0.29, 0.717) is 12.2 Å². The predicted molar refractivity (Wildman–Crippen MR) is 120 cm³/mol. The number of rotatable bonds is 7. The van der Waals surface area contributed by atoms with Crippen molar-refractivity contribution in [2.24, 2.45) is 0 Å². The maximum absolute atomic E-state index is 12.1. The second-order valence-corrected chi connectivity index (χ2v) is 7.85. The first kappa shape index (κ1) is 22.3. The number of hydrogen-bond acceptors (Lipinski definition) is 8. The molecule has 4 rings (SSSR count). The Kier molecular flexibility index (Phi) is 6.89. The number of carbonyl (C=O) groups is 2. The number of nitrogens with one attached hydrogen (secondary N) is 2. The van der Waals surface area contributed by atoms with Crippen LogP contribution in [-0.2, 0) is 9.47 Å². The number of hydrogen-bond donors (Lipinski definition) is 2. The van der Waals surface area contributed by atoms with Crippen molar-refractivity contribution in [1.82, 2.24) is 10.2 Å². The molecule has 2 aromatic rings. The van der Waals surface area contributed by atoms with Crippen molar-refractivity contribution in [3.05, 3.63) is 64.7 Å². The van der Waals surface area contributed by atoms with Gasteiger partial charge in [0.05, 0.1) is 11.0 Å². The van der Waals surface area contributed by atoms with Crippen LogP contribution in [0.3, 0.4) is 0 Å². The molecule has 2 aliphatic rings. The summed E-state index contributed by atoms with van der Waals surface area (Å²) in [6, 6.07) is 15.3. The van der Waals surface area contributed by atoms with Crippen molar-refractivity contribution in [3.8, 4) is 0 Å². The number of alkyl carbamates (subject to hydrolysis) is 1. The van der Waals surface area contributed by atoms with Crippen LogP contribution in [0.25, 0.3) is 0 Å². The maximum Gasteiger partial charge on any atom is 0.411 e. The van der Waals surface area contributed by atoms with Crippen LogP contribution in [0.2, 0.25) is 0 Å². The van der Waals surface area contributed by atoms with Gasteiger partial charge in [0, 0.05) is 56.2 Å². The number of ether oxygens (including phenoxy) is 2. The number of benzene rings is 2. The summed E-state index contributed by atoms with van der Waals surface area (Å²) in [4.78, 5) is 38.6. The highest BCUT2D eigenvalue weighted by atomic mass is 16.6. The molecule has 2 heterocycles. The van der Waals surface area contributed by atoms with Crippen molar-refractivity contribution >= 4 is 29.2 Å². The van der Waals surface area contributed by atoms with Gasteiger partial charge in [-0.2, -0.15) is 0 Å². The van der Waals surface area contributed by atoms with Gasteiger partial charge in [-0.15, -0.1) is 0 Å². The molecule has 11 nitrogen and oxygen atoms in total. The van der Waals surface area contributed by atoms with E-state index in [1.807, 2.05) is 18.2 Å². The van der Waals surface area contributed by atoms with Gasteiger partial charge in [0.2, 0.25) is 0 Å². The lowest BCUT2D eigenvalue weighted by Gasteiger charge is -2.37. The lowest BCUT2D eigenvalue weighted by atomic mass is 10.1. The number of nitrogens with zero attached hydrogens (tertiary/aromatic N) is 3. The van der Waals surface area contributed by atoms with E-state index in [4.69, 9.17) is 9.47 Å². The predicted octanol–water partition coefficient (Wildman–Crippen LogP) is 2.44. The van der Waals surface area contributed by atoms with E-state index in [0.717, 1.165) is 26.2 Å². The Hall–Kier alpha value is -3.86. The summed E-state index contributed by atoms with van der Waals surface area (Å²) in [5.41, 5.74) is 1.48. The van der Waals surface area contributed by atoms with Crippen LogP contribution in [-0.4, -0.2) is 73.5 Å². The van der Waals surface area contributed by atoms with Crippen molar-refractivity contribution in [2.45, 2.75) is 12.1 Å². The lowest BCUT2D eigenvalue weighted by Crippen LogP contribution is -2.52. The minimum atomic E-state index is -0.734. The van der Waals surface area contributed by atoms with Crippen molar-refractivity contribution in [1.29, 1.82) is 0 Å². The fourth-order valence-corrected chi connectivity index (χ4v) is 3.90. The monoisotopic (exact) mass is 455 g/mol. The fraction of sp³-hybridized carbons (Fsp3) is 0.364. The zero-order valence-electron chi connectivity index (χ0n) is 17.9. The van der Waals surface area contributed by atoms with Crippen LogP contribution < -0.4 is 15.5 Å². The molecule has 2 saturated heterocycles. The summed E-state index contributed by atoms with van der Waals surface area (Å²) in [6.07, 6.45) is -1.87. The third kappa shape index (κ3) is 5.89. The Morgan fingerprint density at radius 3 is 2.48 bits per heavy atom. The van der Waals surface area contributed by atoms with E-state index in [1.165, 1.54) is 30.0 Å². The molecule has 11 heteroatoms. The number of cyclic esters (lactones) is 1. The van der Waals surface area contributed by atoms with E-state index >= 15 is 0 Å². The Bertz CT molecular complexity index is 979. The van der Waals surface area contributed by atoms with Crippen molar-refractivity contribution < 1.29 is 24.0 Å². The number of nitro groups is 1. The molecule has 2 aromatic carbocycles. The molecule has 0 spiro atoms. The van der Waals surface area contributed by atoms with Gasteiger partial charge in [-0.05, 0) is 24.3 Å². The Morgan fingerprint density at radius 1 is 1.12 bits per heavy atom. The number of nitro benzene ring substituents is 1. The Balaban J connectivity index is 1.23. The highest BCUT2D eigenvalue weighted by Crippen LogP contribution is 2.18. The van der Waals surface area contributed by atoms with E-state index in [1.54, 1.807) is 0 Å². The minimum absolute atomic E-state index is 0.0784. The summed E-state index contributed by atoms with van der Waals surface area (Å²) >= 11 is 0. The van der Waals surface area contributed by atoms with Crippen LogP contribution in [0, 0.1) is 10.1 Å². The number of carbonyl (C=O) groups excluding carboxylic acids is 2. The molecule has 0 aliphatic carbocycles. The number of para-hydroxylation sites is 1. The summed E-state index contributed by atoms with van der Waals surface area (Å²) in [5, 5.41) is 16.0. The van der Waals surface area contributed by atoms with Gasteiger partial charge in [-0.3, -0.25) is 20.3 Å². The average molecular weight is 455 g/mol. The normalized spacial score (nSPS) is 20.6. The van der Waals surface area contributed by atoms with Crippen LogP contribution in [0.5, 0.6) is 0 Å². The van der Waals surface area contributed by atoms with E-state index in [-0.39, 0.29) is 18.3 Å². The summed E-state index contributed by atoms with van der Waals surface area (Å²) in [7, 11) is 0. The fourth-order valence-electron chi connectivity index (χ4n) is 3.90. The largest absolute Gasteiger partial charge is 0.445 e. The quantitative estimate of drug-likeness (QED) is 0.482. The first-order chi connectivity index (χ1) is 16.0. The molecule has 0 saturated carbocycles. The molecular weight excluding hydrogens is 430 g/mol. The molecule has 2 aliphatic heterocycles. The second kappa shape index (κ2) is 10.2. The van der Waals surface area contributed by atoms with E-state index in [2.05, 4.69) is 32.6 Å². The zero-order chi connectivity index (χ0) is 23.2. The standard InChI is InChI=1S/C22H25N5O6/c28-21(23-16-6-8-18(9-7-16)27(30)31)32-15-20-19(24-22(29)33-20)14-25-10-12-26(13-11-25)17-4-2-1-3-5-17/h1-9,19-20H,10-15H2,(H,23,28)(H,24,29)/t19-,20-/m1/s1. The molecule has 0 bridgehead atoms. The molecule has 2 amide bonds. The Labute approximate surface area is 190 Å². The molecule has 174 valence electrons. The summed E-state index contributed by atoms with van der Waals surface area (Å²) in [5.74, 6) is 0. The first-order valence-electron chi connectivity index (χ1n) is 10.7. The number of amides is 2. The van der Waals surface area contributed by atoms with Crippen molar-refractivity contribution in [3.63, 3.8) is 0 Å². The Morgan fingerprint density at radius 2 is 1.82 bits per heavy atom. The van der Waals surface area contributed by atoms with Crippen LogP contribution in [0.15, 0.2) is 54.6 Å². The summed E-state index contributed by atoms with van der Waals surface area (Å²) in [6.45, 7) is 3.93. The molecule has 33 heavy (non-hydrogen) atoms. The molecule has 0 aromatic heterocycles. The third-order valence-corrected chi connectivity index (χ3v) is 5.66. The second-order valence-electron chi connectivity index (χ2n) is 7.85. The van der Waals surface area contributed by atoms with Gasteiger partial charge >= 0.3 is 12.2 Å². The van der Waals surface area contributed by atoms with Gasteiger partial charge in [-0.25, -0.2) is 9.59 Å². The van der Waals surface area contributed by atoms with Crippen LogP contribution in [0.1, 0.15) is 0 Å². The van der Waals surface area contributed by atoms with Gasteiger partial charge in [-0.1, -0.05) is 18.2 Å². The van der Waals surface area contributed by atoms with Crippen LogP contribution in [0.4, 0.5) is 26.7 Å². The highest BCUT2D eigenvalue weighted by molar-refractivity contribution is 5.84. The SMILES string of the molecule is O=C(Nc1ccc([N+](=O)[O-])cc1)OC[C@H]1OC(=O)N[C@@H]1CN1CCN(c2ccccc2)CC1. The highest BCUT2D eigenvalue weighted by Gasteiger charge is 2.36. The van der Waals surface area contributed by atoms with Crippen LogP contribution >= 0.6 is 0 Å². The topological polar surface area (TPSA) is 126 Å². The van der Waals surface area contributed by atoms with Crippen molar-refractivity contribution in [2.75, 3.05) is 49.5 Å². The van der Waals surface area contributed by atoms with E-state index < -0.39 is 23.2 Å². The van der Waals surface area contributed by atoms with Gasteiger partial charge in [0.1, 0.15) is 6.61 Å². The molecule has 0 unspecified atom stereocenters. The third-order valence-electron chi connectivity index (χ3n) is 5.66. The summed E-state index contributed by atoms with van der Waals surface area (Å²) < 4.78 is 10.5. The van der Waals surface area contributed by atoms with Gasteiger partial charge in [0.25, 0.3) is 5.69 Å². The number of anilines is 2. The molecule has 2 N–H and O–H groups in total. The molecule has 0 radical (unpaired) electrons. The van der Waals surface area contributed by atoms with Gasteiger partial charge < -0.3 is 19.7 Å². The maximum atomic E-state index is 12.1. The van der Waals surface area contributed by atoms with Gasteiger partial charge in [0.15, 0.2) is 6.10 Å². The average Bonchev–Trinajstić information content (AvgIpc) is 3.18. The lowest BCUT2D eigenvalue weighted by molar-refractivity contribution is -0.384. The number of piperazine rings is 1. The number of non-ortho nitro benzene ring substituents is 1. The first-order valence-corrected chi connectivity index (χ1v) is 10.7. The zero-order valence-corrected chi connectivity index (χ0v) is 17.9. The van der Waals surface area contributed by atoms with E-state index in [9.17, 15) is 19.7 Å². The molecule has 2 fully saturated rings. The smallest absolute Gasteiger partial charge is 0.411 e. The molecule has 2 atom stereocenters. The minimum Gasteiger partial charge on any atom is -0.445 e.